The van der Waals surface area contributed by atoms with Gasteiger partial charge in [-0.3, -0.25) is 4.68 Å². The molecule has 4 nitrogen and oxygen atoms in total. The molecule has 18 heavy (non-hydrogen) atoms. The standard InChI is InChI=1S/C14H20N4/c15-8-4-10-17(14-6-2-1-3-7-14)12-13-18-11-5-9-16-18/h1-3,5-7,9,11H,4,8,10,12-13,15H2. The topological polar surface area (TPSA) is 47.1 Å². The van der Waals surface area contributed by atoms with Gasteiger partial charge < -0.3 is 10.6 Å². The van der Waals surface area contributed by atoms with Crippen LogP contribution >= 0.6 is 0 Å². The second-order valence-electron chi connectivity index (χ2n) is 4.23. The van der Waals surface area contributed by atoms with Crippen molar-refractivity contribution >= 4 is 5.69 Å². The lowest BCUT2D eigenvalue weighted by molar-refractivity contribution is 0.590. The summed E-state index contributed by atoms with van der Waals surface area (Å²) in [5, 5.41) is 4.23. The van der Waals surface area contributed by atoms with Gasteiger partial charge in [0.2, 0.25) is 0 Å². The maximum Gasteiger partial charge on any atom is 0.0584 e. The quantitative estimate of drug-likeness (QED) is 0.807. The van der Waals surface area contributed by atoms with E-state index in [1.54, 1.807) is 0 Å². The van der Waals surface area contributed by atoms with Gasteiger partial charge in [-0.15, -0.1) is 0 Å². The summed E-state index contributed by atoms with van der Waals surface area (Å²) in [5.74, 6) is 0. The smallest absolute Gasteiger partial charge is 0.0584 e. The van der Waals surface area contributed by atoms with Crippen LogP contribution in [-0.2, 0) is 6.54 Å². The number of hydrogen-bond acceptors (Lipinski definition) is 3. The minimum Gasteiger partial charge on any atom is -0.370 e. The van der Waals surface area contributed by atoms with Crippen molar-refractivity contribution < 1.29 is 0 Å². The highest BCUT2D eigenvalue weighted by atomic mass is 15.3. The van der Waals surface area contributed by atoms with Crippen LogP contribution in [0.4, 0.5) is 5.69 Å². The Balaban J connectivity index is 1.96. The molecular formula is C14H20N4. The lowest BCUT2D eigenvalue weighted by atomic mass is 10.2. The molecule has 0 aliphatic carbocycles. The third-order valence-corrected chi connectivity index (χ3v) is 2.91. The summed E-state index contributed by atoms with van der Waals surface area (Å²) in [6, 6.07) is 12.4. The van der Waals surface area contributed by atoms with Crippen LogP contribution in [0.25, 0.3) is 0 Å². The summed E-state index contributed by atoms with van der Waals surface area (Å²) < 4.78 is 1.96. The molecular weight excluding hydrogens is 224 g/mol. The van der Waals surface area contributed by atoms with Crippen LogP contribution < -0.4 is 10.6 Å². The largest absolute Gasteiger partial charge is 0.370 e. The Morgan fingerprint density at radius 2 is 1.94 bits per heavy atom. The molecule has 0 fully saturated rings. The molecule has 0 aliphatic rings. The summed E-state index contributed by atoms with van der Waals surface area (Å²) in [7, 11) is 0. The Kier molecular flexibility index (Phi) is 4.78. The fraction of sp³-hybridized carbons (Fsp3) is 0.357. The number of nitrogens with zero attached hydrogens (tertiary/aromatic N) is 3. The Morgan fingerprint density at radius 1 is 1.11 bits per heavy atom. The monoisotopic (exact) mass is 244 g/mol. The van der Waals surface area contributed by atoms with Crippen LogP contribution in [0.1, 0.15) is 6.42 Å². The molecule has 1 aromatic carbocycles. The van der Waals surface area contributed by atoms with E-state index < -0.39 is 0 Å². The molecule has 2 rings (SSSR count). The summed E-state index contributed by atoms with van der Waals surface area (Å²) in [6.07, 6.45) is 4.81. The number of nitrogens with two attached hydrogens (primary N) is 1. The Bertz CT molecular complexity index is 424. The molecule has 0 aliphatic heterocycles. The number of hydrogen-bond donors (Lipinski definition) is 1. The van der Waals surface area contributed by atoms with Gasteiger partial charge in [0.1, 0.15) is 0 Å². The molecule has 2 N–H and O–H groups in total. The number of rotatable bonds is 7. The minimum atomic E-state index is 0.727. The Hall–Kier alpha value is -1.81. The predicted octanol–water partition coefficient (Wildman–Crippen LogP) is 1.74. The summed E-state index contributed by atoms with van der Waals surface area (Å²) in [5.41, 5.74) is 6.85. The van der Waals surface area contributed by atoms with Crippen molar-refractivity contribution in [1.82, 2.24) is 9.78 Å². The maximum absolute atomic E-state index is 5.60. The molecule has 0 unspecified atom stereocenters. The fourth-order valence-electron chi connectivity index (χ4n) is 1.95. The molecule has 1 heterocycles. The van der Waals surface area contributed by atoms with E-state index in [4.69, 9.17) is 5.73 Å². The van der Waals surface area contributed by atoms with E-state index in [2.05, 4.69) is 34.3 Å². The van der Waals surface area contributed by atoms with Crippen molar-refractivity contribution in [3.05, 3.63) is 48.8 Å². The molecule has 0 spiro atoms. The van der Waals surface area contributed by atoms with Crippen LogP contribution in [0.15, 0.2) is 48.8 Å². The van der Waals surface area contributed by atoms with E-state index >= 15 is 0 Å². The number of para-hydroxylation sites is 1. The zero-order valence-electron chi connectivity index (χ0n) is 10.6. The van der Waals surface area contributed by atoms with Crippen molar-refractivity contribution in [2.75, 3.05) is 24.5 Å². The minimum absolute atomic E-state index is 0.727. The molecule has 0 radical (unpaired) electrons. The SMILES string of the molecule is NCCCN(CCn1cccn1)c1ccccc1. The first-order chi connectivity index (χ1) is 8.90. The van der Waals surface area contributed by atoms with Crippen LogP contribution in [0.2, 0.25) is 0 Å². The zero-order chi connectivity index (χ0) is 12.6. The second-order valence-corrected chi connectivity index (χ2v) is 4.23. The average Bonchev–Trinajstić information content (AvgIpc) is 2.93. The molecule has 96 valence electrons. The first-order valence-corrected chi connectivity index (χ1v) is 6.37. The lowest BCUT2D eigenvalue weighted by Gasteiger charge is -2.24. The van der Waals surface area contributed by atoms with E-state index in [-0.39, 0.29) is 0 Å². The van der Waals surface area contributed by atoms with Gasteiger partial charge in [0.05, 0.1) is 6.54 Å². The lowest BCUT2D eigenvalue weighted by Crippen LogP contribution is -2.29. The highest BCUT2D eigenvalue weighted by Crippen LogP contribution is 2.13. The van der Waals surface area contributed by atoms with Gasteiger partial charge in [-0.05, 0) is 31.2 Å². The summed E-state index contributed by atoms with van der Waals surface area (Å²) in [6.45, 7) is 3.56. The van der Waals surface area contributed by atoms with Crippen molar-refractivity contribution in [2.24, 2.45) is 5.73 Å². The fourth-order valence-corrected chi connectivity index (χ4v) is 1.95. The normalized spacial score (nSPS) is 10.5. The van der Waals surface area contributed by atoms with E-state index in [9.17, 15) is 0 Å². The Morgan fingerprint density at radius 3 is 2.61 bits per heavy atom. The van der Waals surface area contributed by atoms with Gasteiger partial charge in [-0.1, -0.05) is 18.2 Å². The summed E-state index contributed by atoms with van der Waals surface area (Å²) >= 11 is 0. The summed E-state index contributed by atoms with van der Waals surface area (Å²) in [4.78, 5) is 2.36. The van der Waals surface area contributed by atoms with Gasteiger partial charge in [-0.2, -0.15) is 5.10 Å². The Labute approximate surface area is 108 Å². The van der Waals surface area contributed by atoms with Gasteiger partial charge in [-0.25, -0.2) is 0 Å². The van der Waals surface area contributed by atoms with Gasteiger partial charge in [0.25, 0.3) is 0 Å². The molecule has 0 atom stereocenters. The maximum atomic E-state index is 5.60. The van der Waals surface area contributed by atoms with Gasteiger partial charge in [0, 0.05) is 31.2 Å². The highest BCUT2D eigenvalue weighted by molar-refractivity contribution is 5.45. The third-order valence-electron chi connectivity index (χ3n) is 2.91. The molecule has 4 heteroatoms. The van der Waals surface area contributed by atoms with Gasteiger partial charge >= 0.3 is 0 Å². The van der Waals surface area contributed by atoms with Gasteiger partial charge in [0.15, 0.2) is 0 Å². The van der Waals surface area contributed by atoms with Crippen molar-refractivity contribution in [2.45, 2.75) is 13.0 Å². The number of benzene rings is 1. The van der Waals surface area contributed by atoms with Crippen molar-refractivity contribution in [3.8, 4) is 0 Å². The molecule has 2 aromatic rings. The zero-order valence-corrected chi connectivity index (χ0v) is 10.6. The third kappa shape index (κ3) is 3.60. The molecule has 1 aromatic heterocycles. The average molecular weight is 244 g/mol. The number of aromatic nitrogens is 2. The van der Waals surface area contributed by atoms with Crippen molar-refractivity contribution in [1.29, 1.82) is 0 Å². The van der Waals surface area contributed by atoms with Crippen LogP contribution in [0.5, 0.6) is 0 Å². The molecule has 0 amide bonds. The first-order valence-electron chi connectivity index (χ1n) is 6.37. The van der Waals surface area contributed by atoms with Crippen LogP contribution in [0.3, 0.4) is 0 Å². The second kappa shape index (κ2) is 6.81. The predicted molar refractivity (Wildman–Crippen MR) is 74.6 cm³/mol. The van der Waals surface area contributed by atoms with Crippen molar-refractivity contribution in [3.63, 3.8) is 0 Å². The molecule has 0 bridgehead atoms. The first kappa shape index (κ1) is 12.6. The van der Waals surface area contributed by atoms with E-state index in [1.165, 1.54) is 5.69 Å². The van der Waals surface area contributed by atoms with Crippen LogP contribution in [0, 0.1) is 0 Å². The number of anilines is 1. The molecule has 0 saturated heterocycles. The van der Waals surface area contributed by atoms with E-state index in [0.717, 1.165) is 32.6 Å². The highest BCUT2D eigenvalue weighted by Gasteiger charge is 2.05. The van der Waals surface area contributed by atoms with E-state index in [0.29, 0.717) is 0 Å². The molecule has 0 saturated carbocycles. The van der Waals surface area contributed by atoms with E-state index in [1.807, 2.05) is 29.2 Å². The van der Waals surface area contributed by atoms with Crippen LogP contribution in [-0.4, -0.2) is 29.4 Å².